The first kappa shape index (κ1) is 13.4. The number of ether oxygens (including phenoxy) is 2. The number of para-hydroxylation sites is 2. The molecule has 1 aromatic carbocycles. The summed E-state index contributed by atoms with van der Waals surface area (Å²) in [7, 11) is 1.61. The number of aliphatic hydroxyl groups excluding tert-OH is 1. The second kappa shape index (κ2) is 6.75. The number of hydrogen-bond acceptors (Lipinski definition) is 5. The van der Waals surface area contributed by atoms with Crippen molar-refractivity contribution in [1.82, 2.24) is 15.0 Å². The number of nitrogens with zero attached hydrogens (tertiary/aromatic N) is 3. The van der Waals surface area contributed by atoms with Crippen LogP contribution in [0.3, 0.4) is 0 Å². The minimum atomic E-state index is 0.0798. The van der Waals surface area contributed by atoms with Crippen molar-refractivity contribution in [2.24, 2.45) is 0 Å². The maximum atomic E-state index is 8.80. The van der Waals surface area contributed by atoms with Gasteiger partial charge in [-0.3, -0.25) is 0 Å². The van der Waals surface area contributed by atoms with Crippen molar-refractivity contribution in [2.75, 3.05) is 20.3 Å². The zero-order valence-electron chi connectivity index (χ0n) is 10.8. The molecule has 1 aromatic heterocycles. The van der Waals surface area contributed by atoms with E-state index in [-0.39, 0.29) is 6.61 Å². The van der Waals surface area contributed by atoms with Crippen LogP contribution in [0.15, 0.2) is 30.5 Å². The lowest BCUT2D eigenvalue weighted by Crippen LogP contribution is -2.09. The van der Waals surface area contributed by atoms with E-state index in [0.717, 1.165) is 5.69 Å². The molecule has 2 rings (SSSR count). The van der Waals surface area contributed by atoms with Crippen molar-refractivity contribution >= 4 is 0 Å². The van der Waals surface area contributed by atoms with Crippen molar-refractivity contribution in [1.29, 1.82) is 0 Å². The average molecular weight is 263 g/mol. The van der Waals surface area contributed by atoms with Gasteiger partial charge in [0.05, 0.1) is 19.3 Å². The maximum Gasteiger partial charge on any atom is 0.161 e. The van der Waals surface area contributed by atoms with Crippen LogP contribution in [0.4, 0.5) is 0 Å². The Labute approximate surface area is 111 Å². The summed E-state index contributed by atoms with van der Waals surface area (Å²) in [5, 5.41) is 16.7. The minimum absolute atomic E-state index is 0.0798. The van der Waals surface area contributed by atoms with Crippen molar-refractivity contribution < 1.29 is 14.6 Å². The fourth-order valence-electron chi connectivity index (χ4n) is 1.66. The van der Waals surface area contributed by atoms with E-state index >= 15 is 0 Å². The van der Waals surface area contributed by atoms with Gasteiger partial charge in [-0.2, -0.15) is 0 Å². The molecule has 6 nitrogen and oxygen atoms in total. The molecule has 0 radical (unpaired) electrons. The predicted octanol–water partition coefficient (Wildman–Crippen LogP) is 0.900. The molecule has 0 aliphatic carbocycles. The summed E-state index contributed by atoms with van der Waals surface area (Å²) in [6.45, 7) is 1.15. The zero-order valence-corrected chi connectivity index (χ0v) is 10.8. The molecule has 19 heavy (non-hydrogen) atoms. The number of methoxy groups -OCH3 is 1. The smallest absolute Gasteiger partial charge is 0.161 e. The van der Waals surface area contributed by atoms with Crippen molar-refractivity contribution in [2.45, 2.75) is 13.0 Å². The Kier molecular flexibility index (Phi) is 4.74. The van der Waals surface area contributed by atoms with Crippen LogP contribution in [0, 0.1) is 0 Å². The number of rotatable bonds is 7. The summed E-state index contributed by atoms with van der Waals surface area (Å²) in [5.74, 6) is 1.42. The van der Waals surface area contributed by atoms with Crippen LogP contribution in [0.1, 0.15) is 5.69 Å². The standard InChI is InChI=1S/C13H17N3O3/c1-18-12-4-2-3-5-13(12)19-9-7-16-10-11(6-8-17)14-15-16/h2-5,10,17H,6-9H2,1H3. The third kappa shape index (κ3) is 3.69. The Morgan fingerprint density at radius 3 is 2.79 bits per heavy atom. The van der Waals surface area contributed by atoms with Gasteiger partial charge in [-0.05, 0) is 12.1 Å². The lowest BCUT2D eigenvalue weighted by molar-refractivity contribution is 0.273. The highest BCUT2D eigenvalue weighted by Crippen LogP contribution is 2.25. The Morgan fingerprint density at radius 1 is 1.26 bits per heavy atom. The van der Waals surface area contributed by atoms with Gasteiger partial charge in [-0.25, -0.2) is 4.68 Å². The third-order valence-corrected chi connectivity index (χ3v) is 2.60. The summed E-state index contributed by atoms with van der Waals surface area (Å²) in [5.41, 5.74) is 0.778. The van der Waals surface area contributed by atoms with Gasteiger partial charge in [0.15, 0.2) is 11.5 Å². The number of benzene rings is 1. The van der Waals surface area contributed by atoms with E-state index in [0.29, 0.717) is 31.1 Å². The summed E-state index contributed by atoms with van der Waals surface area (Å²) in [6.07, 6.45) is 2.33. The predicted molar refractivity (Wildman–Crippen MR) is 69.3 cm³/mol. The Bertz CT molecular complexity index is 513. The fraction of sp³-hybridized carbons (Fsp3) is 0.385. The minimum Gasteiger partial charge on any atom is -0.493 e. The number of hydrogen-bond donors (Lipinski definition) is 1. The SMILES string of the molecule is COc1ccccc1OCCn1cc(CCO)nn1. The van der Waals surface area contributed by atoms with E-state index in [2.05, 4.69) is 10.3 Å². The molecular formula is C13H17N3O3. The van der Waals surface area contributed by atoms with Crippen LogP contribution in [0.2, 0.25) is 0 Å². The molecule has 0 fully saturated rings. The van der Waals surface area contributed by atoms with Crippen molar-refractivity contribution in [3.8, 4) is 11.5 Å². The highest BCUT2D eigenvalue weighted by atomic mass is 16.5. The summed E-state index contributed by atoms with van der Waals surface area (Å²) < 4.78 is 12.5. The Balaban J connectivity index is 1.85. The molecule has 0 bridgehead atoms. The van der Waals surface area contributed by atoms with Crippen molar-refractivity contribution in [3.05, 3.63) is 36.2 Å². The molecule has 0 amide bonds. The summed E-state index contributed by atoms with van der Waals surface area (Å²) in [4.78, 5) is 0. The average Bonchev–Trinajstić information content (AvgIpc) is 2.87. The molecule has 0 saturated heterocycles. The van der Waals surface area contributed by atoms with Gasteiger partial charge >= 0.3 is 0 Å². The van der Waals surface area contributed by atoms with Gasteiger partial charge in [0.1, 0.15) is 6.61 Å². The van der Waals surface area contributed by atoms with Gasteiger partial charge in [-0.15, -0.1) is 5.10 Å². The van der Waals surface area contributed by atoms with Gasteiger partial charge in [0.25, 0.3) is 0 Å². The molecule has 0 atom stereocenters. The molecule has 0 aliphatic heterocycles. The Hall–Kier alpha value is -2.08. The molecule has 6 heteroatoms. The lowest BCUT2D eigenvalue weighted by atomic mass is 10.3. The lowest BCUT2D eigenvalue weighted by Gasteiger charge is -2.09. The molecule has 0 aliphatic rings. The van der Waals surface area contributed by atoms with Crippen LogP contribution in [-0.4, -0.2) is 40.4 Å². The van der Waals surface area contributed by atoms with E-state index in [9.17, 15) is 0 Å². The van der Waals surface area contributed by atoms with E-state index < -0.39 is 0 Å². The first-order valence-corrected chi connectivity index (χ1v) is 6.09. The zero-order chi connectivity index (χ0) is 13.5. The highest BCUT2D eigenvalue weighted by Gasteiger charge is 2.03. The van der Waals surface area contributed by atoms with Crippen LogP contribution in [0.25, 0.3) is 0 Å². The van der Waals surface area contributed by atoms with E-state index in [1.165, 1.54) is 0 Å². The maximum absolute atomic E-state index is 8.80. The fourth-order valence-corrected chi connectivity index (χ4v) is 1.66. The third-order valence-electron chi connectivity index (χ3n) is 2.60. The quantitative estimate of drug-likeness (QED) is 0.803. The Morgan fingerprint density at radius 2 is 2.05 bits per heavy atom. The van der Waals surface area contributed by atoms with Crippen LogP contribution in [-0.2, 0) is 13.0 Å². The number of aliphatic hydroxyl groups is 1. The molecule has 102 valence electrons. The van der Waals surface area contributed by atoms with Crippen molar-refractivity contribution in [3.63, 3.8) is 0 Å². The second-order valence-electron chi connectivity index (χ2n) is 3.95. The number of aromatic nitrogens is 3. The largest absolute Gasteiger partial charge is 0.493 e. The molecule has 1 heterocycles. The van der Waals surface area contributed by atoms with E-state index in [4.69, 9.17) is 14.6 Å². The first-order valence-electron chi connectivity index (χ1n) is 6.09. The van der Waals surface area contributed by atoms with Gasteiger partial charge in [-0.1, -0.05) is 17.3 Å². The topological polar surface area (TPSA) is 69.4 Å². The van der Waals surface area contributed by atoms with E-state index in [1.54, 1.807) is 11.8 Å². The molecule has 0 saturated carbocycles. The molecule has 2 aromatic rings. The summed E-state index contributed by atoms with van der Waals surface area (Å²) in [6, 6.07) is 7.50. The molecule has 1 N–H and O–H groups in total. The monoisotopic (exact) mass is 263 g/mol. The first-order chi connectivity index (χ1) is 9.33. The second-order valence-corrected chi connectivity index (χ2v) is 3.95. The molecular weight excluding hydrogens is 246 g/mol. The van der Waals surface area contributed by atoms with Crippen LogP contribution < -0.4 is 9.47 Å². The van der Waals surface area contributed by atoms with Gasteiger partial charge in [0, 0.05) is 19.2 Å². The van der Waals surface area contributed by atoms with Gasteiger partial charge in [0.2, 0.25) is 0 Å². The highest BCUT2D eigenvalue weighted by molar-refractivity contribution is 5.39. The van der Waals surface area contributed by atoms with Crippen LogP contribution >= 0.6 is 0 Å². The summed E-state index contributed by atoms with van der Waals surface area (Å²) >= 11 is 0. The molecule has 0 spiro atoms. The molecule has 0 unspecified atom stereocenters. The van der Waals surface area contributed by atoms with E-state index in [1.807, 2.05) is 30.5 Å². The van der Waals surface area contributed by atoms with Crippen LogP contribution in [0.5, 0.6) is 11.5 Å². The van der Waals surface area contributed by atoms with Gasteiger partial charge < -0.3 is 14.6 Å². The normalized spacial score (nSPS) is 10.4.